The van der Waals surface area contributed by atoms with Gasteiger partial charge in [0.15, 0.2) is 0 Å². The number of carbonyl (C=O) groups excluding carboxylic acids is 2. The third-order valence-electron chi connectivity index (χ3n) is 2.95. The summed E-state index contributed by atoms with van der Waals surface area (Å²) in [6.45, 7) is 2.10. The highest BCUT2D eigenvalue weighted by Crippen LogP contribution is 2.27. The molecule has 1 fully saturated rings. The Kier molecular flexibility index (Phi) is 5.88. The average molecular weight is 309 g/mol. The van der Waals surface area contributed by atoms with Gasteiger partial charge < -0.3 is 14.2 Å². The van der Waals surface area contributed by atoms with Crippen molar-refractivity contribution in [2.24, 2.45) is 5.92 Å². The van der Waals surface area contributed by atoms with Crippen LogP contribution in [0.15, 0.2) is 0 Å². The van der Waals surface area contributed by atoms with Crippen molar-refractivity contribution in [1.29, 1.82) is 0 Å². The van der Waals surface area contributed by atoms with Gasteiger partial charge in [-0.15, -0.1) is 0 Å². The van der Waals surface area contributed by atoms with Crippen LogP contribution in [0, 0.1) is 5.92 Å². The first kappa shape index (κ1) is 17.6. The predicted molar refractivity (Wildman–Crippen MR) is 68.8 cm³/mol. The maximum Gasteiger partial charge on any atom is 0.411 e. The standard InChI is InChI=1S/C13H21F2NO5/c1-13(2,3)21-12(18)16-6-8(7-20-11(14)15)5-9(16)10(17)19-4/h8-9,11H,5-7H2,1-4H3/t8-,9?/m0/s1. The molecule has 21 heavy (non-hydrogen) atoms. The van der Waals surface area contributed by atoms with Crippen LogP contribution < -0.4 is 0 Å². The van der Waals surface area contributed by atoms with Crippen LogP contribution in [-0.4, -0.2) is 55.5 Å². The Bertz CT molecular complexity index is 383. The fraction of sp³-hybridized carbons (Fsp3) is 0.846. The van der Waals surface area contributed by atoms with Gasteiger partial charge in [0.25, 0.3) is 0 Å². The molecular formula is C13H21F2NO5. The lowest BCUT2D eigenvalue weighted by Gasteiger charge is -2.27. The highest BCUT2D eigenvalue weighted by atomic mass is 19.3. The second-order valence-corrected chi connectivity index (χ2v) is 5.87. The van der Waals surface area contributed by atoms with Gasteiger partial charge >= 0.3 is 18.7 Å². The minimum absolute atomic E-state index is 0.113. The summed E-state index contributed by atoms with van der Waals surface area (Å²) in [4.78, 5) is 25.0. The molecule has 8 heteroatoms. The van der Waals surface area contributed by atoms with Crippen LogP contribution in [-0.2, 0) is 19.0 Å². The molecule has 122 valence electrons. The molecule has 1 unspecified atom stereocenters. The Morgan fingerprint density at radius 3 is 2.43 bits per heavy atom. The van der Waals surface area contributed by atoms with Crippen LogP contribution in [0.2, 0.25) is 0 Å². The third-order valence-corrected chi connectivity index (χ3v) is 2.95. The van der Waals surface area contributed by atoms with E-state index >= 15 is 0 Å². The van der Waals surface area contributed by atoms with E-state index < -0.39 is 30.3 Å². The minimum Gasteiger partial charge on any atom is -0.467 e. The quantitative estimate of drug-likeness (QED) is 0.743. The van der Waals surface area contributed by atoms with Gasteiger partial charge in [-0.1, -0.05) is 0 Å². The summed E-state index contributed by atoms with van der Waals surface area (Å²) in [6.07, 6.45) is -0.462. The Labute approximate surface area is 122 Å². The monoisotopic (exact) mass is 309 g/mol. The van der Waals surface area contributed by atoms with Gasteiger partial charge in [0, 0.05) is 12.5 Å². The number of hydrogen-bond donors (Lipinski definition) is 0. The normalized spacial score (nSPS) is 22.5. The molecule has 0 saturated carbocycles. The second-order valence-electron chi connectivity index (χ2n) is 5.87. The van der Waals surface area contributed by atoms with Gasteiger partial charge in [-0.25, -0.2) is 9.59 Å². The number of carbonyl (C=O) groups is 2. The summed E-state index contributed by atoms with van der Waals surface area (Å²) >= 11 is 0. The van der Waals surface area contributed by atoms with E-state index in [1.165, 1.54) is 12.0 Å². The van der Waals surface area contributed by atoms with Gasteiger partial charge in [0.1, 0.15) is 11.6 Å². The summed E-state index contributed by atoms with van der Waals surface area (Å²) in [6, 6.07) is -0.837. The zero-order valence-electron chi connectivity index (χ0n) is 12.6. The largest absolute Gasteiger partial charge is 0.467 e. The van der Waals surface area contributed by atoms with E-state index in [4.69, 9.17) is 4.74 Å². The first-order valence-corrected chi connectivity index (χ1v) is 6.61. The van der Waals surface area contributed by atoms with Crippen LogP contribution in [0.25, 0.3) is 0 Å². The molecule has 1 aliphatic rings. The molecule has 0 N–H and O–H groups in total. The maximum absolute atomic E-state index is 12.1. The molecule has 0 aromatic carbocycles. The lowest BCUT2D eigenvalue weighted by Crippen LogP contribution is -2.43. The summed E-state index contributed by atoms with van der Waals surface area (Å²) in [5.74, 6) is -0.962. The zero-order valence-corrected chi connectivity index (χ0v) is 12.6. The first-order valence-electron chi connectivity index (χ1n) is 6.61. The van der Waals surface area contributed by atoms with E-state index in [0.29, 0.717) is 0 Å². The van der Waals surface area contributed by atoms with Crippen LogP contribution in [0.1, 0.15) is 27.2 Å². The van der Waals surface area contributed by atoms with Crippen LogP contribution >= 0.6 is 0 Å². The van der Waals surface area contributed by atoms with Crippen molar-refractivity contribution < 1.29 is 32.6 Å². The zero-order chi connectivity index (χ0) is 16.2. The van der Waals surface area contributed by atoms with E-state index in [0.717, 1.165) is 0 Å². The number of amides is 1. The first-order chi connectivity index (χ1) is 9.64. The van der Waals surface area contributed by atoms with E-state index in [2.05, 4.69) is 9.47 Å². The molecule has 0 spiro atoms. The molecule has 1 heterocycles. The van der Waals surface area contributed by atoms with Gasteiger partial charge in [-0.2, -0.15) is 8.78 Å². The fourth-order valence-electron chi connectivity index (χ4n) is 2.13. The number of esters is 1. The van der Waals surface area contributed by atoms with E-state index in [1.54, 1.807) is 20.8 Å². The topological polar surface area (TPSA) is 65.1 Å². The summed E-state index contributed by atoms with van der Waals surface area (Å²) in [7, 11) is 1.21. The van der Waals surface area contributed by atoms with Gasteiger partial charge in [-0.05, 0) is 27.2 Å². The molecule has 6 nitrogen and oxygen atoms in total. The second kappa shape index (κ2) is 7.02. The fourth-order valence-corrected chi connectivity index (χ4v) is 2.13. The summed E-state index contributed by atoms with van der Waals surface area (Å²) in [5.41, 5.74) is -0.713. The van der Waals surface area contributed by atoms with Crippen molar-refractivity contribution in [2.45, 2.75) is 45.4 Å². The van der Waals surface area contributed by atoms with Crippen LogP contribution in [0.5, 0.6) is 0 Å². The van der Waals surface area contributed by atoms with E-state index in [-0.39, 0.29) is 25.5 Å². The lowest BCUT2D eigenvalue weighted by molar-refractivity contribution is -0.145. The number of ether oxygens (including phenoxy) is 3. The molecule has 1 rings (SSSR count). The van der Waals surface area contributed by atoms with E-state index in [1.807, 2.05) is 0 Å². The highest BCUT2D eigenvalue weighted by molar-refractivity contribution is 5.82. The molecule has 1 saturated heterocycles. The number of halogens is 2. The molecule has 0 aromatic rings. The average Bonchev–Trinajstić information content (AvgIpc) is 2.77. The predicted octanol–water partition coefficient (Wildman–Crippen LogP) is 2.02. The number of nitrogens with zero attached hydrogens (tertiary/aromatic N) is 1. The molecular weight excluding hydrogens is 288 g/mol. The SMILES string of the molecule is COC(=O)C1C[C@H](COC(F)F)CN1C(=O)OC(C)(C)C. The Balaban J connectivity index is 2.73. The van der Waals surface area contributed by atoms with Gasteiger partial charge in [0.05, 0.1) is 13.7 Å². The van der Waals surface area contributed by atoms with Gasteiger partial charge in [0.2, 0.25) is 0 Å². The molecule has 2 atom stereocenters. The molecule has 0 bridgehead atoms. The van der Waals surface area contributed by atoms with E-state index in [9.17, 15) is 18.4 Å². The summed E-state index contributed by atoms with van der Waals surface area (Å²) in [5, 5.41) is 0. The smallest absolute Gasteiger partial charge is 0.411 e. The Hall–Kier alpha value is -1.44. The van der Waals surface area contributed by atoms with Crippen molar-refractivity contribution >= 4 is 12.1 Å². The van der Waals surface area contributed by atoms with Crippen molar-refractivity contribution in [2.75, 3.05) is 20.3 Å². The summed E-state index contributed by atoms with van der Waals surface area (Å²) < 4.78 is 38.2. The number of methoxy groups -OCH3 is 1. The number of hydrogen-bond acceptors (Lipinski definition) is 5. The van der Waals surface area contributed by atoms with Crippen molar-refractivity contribution in [3.8, 4) is 0 Å². The molecule has 0 aromatic heterocycles. The number of likely N-dealkylation sites (tertiary alicyclic amines) is 1. The van der Waals surface area contributed by atoms with Crippen molar-refractivity contribution in [3.05, 3.63) is 0 Å². The Morgan fingerprint density at radius 2 is 1.95 bits per heavy atom. The lowest BCUT2D eigenvalue weighted by atomic mass is 10.1. The molecule has 1 aliphatic heterocycles. The third kappa shape index (κ3) is 5.45. The molecule has 1 amide bonds. The molecule has 0 aliphatic carbocycles. The van der Waals surface area contributed by atoms with Crippen LogP contribution in [0.3, 0.4) is 0 Å². The van der Waals surface area contributed by atoms with Gasteiger partial charge in [-0.3, -0.25) is 4.90 Å². The molecule has 0 radical (unpaired) electrons. The number of rotatable bonds is 4. The highest BCUT2D eigenvalue weighted by Gasteiger charge is 2.42. The maximum atomic E-state index is 12.1. The Morgan fingerprint density at radius 1 is 1.33 bits per heavy atom. The van der Waals surface area contributed by atoms with Crippen molar-refractivity contribution in [1.82, 2.24) is 4.90 Å². The number of alkyl halides is 2. The minimum atomic E-state index is -2.88. The van der Waals surface area contributed by atoms with Crippen molar-refractivity contribution in [3.63, 3.8) is 0 Å². The van der Waals surface area contributed by atoms with Crippen LogP contribution in [0.4, 0.5) is 13.6 Å².